The van der Waals surface area contributed by atoms with E-state index in [-0.39, 0.29) is 24.4 Å². The molecule has 5 nitrogen and oxygen atoms in total. The molecule has 0 radical (unpaired) electrons. The molecule has 0 fully saturated rings. The predicted molar refractivity (Wildman–Crippen MR) is 97.6 cm³/mol. The van der Waals surface area contributed by atoms with Crippen LogP contribution in [0.5, 0.6) is 5.88 Å². The van der Waals surface area contributed by atoms with Gasteiger partial charge in [-0.3, -0.25) is 9.78 Å². The van der Waals surface area contributed by atoms with Crippen LogP contribution in [0.4, 0.5) is 4.39 Å². The average Bonchev–Trinajstić information content (AvgIpc) is 2.59. The second kappa shape index (κ2) is 7.47. The SMILES string of the molecule is Cc1cc(C(=O)NCc2cccnc2OC(C)C)c2ccc(F)cc2n1. The van der Waals surface area contributed by atoms with E-state index >= 15 is 0 Å². The molecule has 26 heavy (non-hydrogen) atoms. The molecular formula is C20H20FN3O2. The normalized spacial score (nSPS) is 11.0. The molecule has 2 aromatic heterocycles. The monoisotopic (exact) mass is 353 g/mol. The molecule has 0 saturated heterocycles. The maximum atomic E-state index is 13.5. The summed E-state index contributed by atoms with van der Waals surface area (Å²) in [7, 11) is 0. The number of aromatic nitrogens is 2. The van der Waals surface area contributed by atoms with E-state index in [2.05, 4.69) is 15.3 Å². The van der Waals surface area contributed by atoms with E-state index in [0.717, 1.165) is 5.56 Å². The average molecular weight is 353 g/mol. The number of carbonyl (C=O) groups excluding carboxylic acids is 1. The van der Waals surface area contributed by atoms with Crippen LogP contribution in [0.1, 0.15) is 35.5 Å². The molecule has 6 heteroatoms. The van der Waals surface area contributed by atoms with Crippen LogP contribution in [0.25, 0.3) is 10.9 Å². The van der Waals surface area contributed by atoms with Gasteiger partial charge in [-0.25, -0.2) is 9.37 Å². The Bertz CT molecular complexity index is 952. The van der Waals surface area contributed by atoms with Gasteiger partial charge in [0.15, 0.2) is 0 Å². The summed E-state index contributed by atoms with van der Waals surface area (Å²) in [6.07, 6.45) is 1.64. The fraction of sp³-hybridized carbons (Fsp3) is 0.250. The van der Waals surface area contributed by atoms with Gasteiger partial charge in [0.2, 0.25) is 5.88 Å². The highest BCUT2D eigenvalue weighted by Crippen LogP contribution is 2.20. The maximum absolute atomic E-state index is 13.5. The second-order valence-corrected chi connectivity index (χ2v) is 6.29. The van der Waals surface area contributed by atoms with Crippen molar-refractivity contribution in [3.63, 3.8) is 0 Å². The zero-order chi connectivity index (χ0) is 18.7. The number of aryl methyl sites for hydroxylation is 1. The Hall–Kier alpha value is -3.02. The number of pyridine rings is 2. The number of amides is 1. The molecule has 0 aliphatic carbocycles. The van der Waals surface area contributed by atoms with E-state index < -0.39 is 0 Å². The highest BCUT2D eigenvalue weighted by Gasteiger charge is 2.14. The highest BCUT2D eigenvalue weighted by molar-refractivity contribution is 6.06. The van der Waals surface area contributed by atoms with Crippen LogP contribution in [0, 0.1) is 12.7 Å². The first-order chi connectivity index (χ1) is 12.4. The molecular weight excluding hydrogens is 333 g/mol. The van der Waals surface area contributed by atoms with Gasteiger partial charge < -0.3 is 10.1 Å². The topological polar surface area (TPSA) is 64.1 Å². The van der Waals surface area contributed by atoms with Crippen molar-refractivity contribution in [2.24, 2.45) is 0 Å². The van der Waals surface area contributed by atoms with Crippen LogP contribution < -0.4 is 10.1 Å². The molecule has 0 aliphatic heterocycles. The molecule has 0 bridgehead atoms. The molecule has 0 saturated carbocycles. The van der Waals surface area contributed by atoms with Gasteiger partial charge in [-0.15, -0.1) is 0 Å². The molecule has 1 N–H and O–H groups in total. The minimum Gasteiger partial charge on any atom is -0.475 e. The summed E-state index contributed by atoms with van der Waals surface area (Å²) in [6.45, 7) is 5.89. The predicted octanol–water partition coefficient (Wildman–Crippen LogP) is 3.79. The number of rotatable bonds is 5. The first-order valence-electron chi connectivity index (χ1n) is 8.39. The first kappa shape index (κ1) is 17.8. The zero-order valence-corrected chi connectivity index (χ0v) is 14.9. The number of nitrogens with zero attached hydrogens (tertiary/aromatic N) is 2. The lowest BCUT2D eigenvalue weighted by molar-refractivity contribution is 0.0952. The van der Waals surface area contributed by atoms with Crippen molar-refractivity contribution >= 4 is 16.8 Å². The number of ether oxygens (including phenoxy) is 1. The van der Waals surface area contributed by atoms with Crippen LogP contribution in [-0.2, 0) is 6.54 Å². The number of benzene rings is 1. The van der Waals surface area contributed by atoms with Gasteiger partial charge in [-0.1, -0.05) is 6.07 Å². The summed E-state index contributed by atoms with van der Waals surface area (Å²) in [5.74, 6) is -0.139. The molecule has 0 atom stereocenters. The number of carbonyl (C=O) groups is 1. The first-order valence-corrected chi connectivity index (χ1v) is 8.39. The van der Waals surface area contributed by atoms with Crippen LogP contribution in [0.15, 0.2) is 42.6 Å². The molecule has 0 aliphatic rings. The standard InChI is InChI=1S/C20H20FN3O2/c1-12(2)26-20-14(5-4-8-22-20)11-23-19(25)17-9-13(3)24-18-10-15(21)6-7-16(17)18/h4-10,12H,11H2,1-3H3,(H,23,25). The van der Waals surface area contributed by atoms with Crippen molar-refractivity contribution in [1.82, 2.24) is 15.3 Å². The minimum atomic E-state index is -0.382. The number of nitrogens with one attached hydrogen (secondary N) is 1. The number of fused-ring (bicyclic) bond motifs is 1. The molecule has 1 amide bonds. The quantitative estimate of drug-likeness (QED) is 0.758. The van der Waals surface area contributed by atoms with E-state index in [1.165, 1.54) is 12.1 Å². The largest absolute Gasteiger partial charge is 0.475 e. The van der Waals surface area contributed by atoms with E-state index in [9.17, 15) is 9.18 Å². The third-order valence-electron chi connectivity index (χ3n) is 3.78. The lowest BCUT2D eigenvalue weighted by Gasteiger charge is -2.14. The Labute approximate surface area is 151 Å². The Morgan fingerprint density at radius 2 is 2.08 bits per heavy atom. The Balaban J connectivity index is 1.85. The summed E-state index contributed by atoms with van der Waals surface area (Å²) < 4.78 is 19.1. The van der Waals surface area contributed by atoms with Crippen molar-refractivity contribution in [1.29, 1.82) is 0 Å². The molecule has 134 valence electrons. The summed E-state index contributed by atoms with van der Waals surface area (Å²) in [5, 5.41) is 3.49. The maximum Gasteiger partial charge on any atom is 0.252 e. The smallest absolute Gasteiger partial charge is 0.252 e. The van der Waals surface area contributed by atoms with E-state index in [1.54, 1.807) is 31.3 Å². The lowest BCUT2D eigenvalue weighted by Crippen LogP contribution is -2.24. The fourth-order valence-electron chi connectivity index (χ4n) is 2.68. The third-order valence-corrected chi connectivity index (χ3v) is 3.78. The van der Waals surface area contributed by atoms with Gasteiger partial charge in [0, 0.05) is 35.5 Å². The number of hydrogen-bond acceptors (Lipinski definition) is 4. The summed E-state index contributed by atoms with van der Waals surface area (Å²) in [5.41, 5.74) is 2.36. The Morgan fingerprint density at radius 3 is 2.85 bits per heavy atom. The summed E-state index contributed by atoms with van der Waals surface area (Å²) in [4.78, 5) is 21.2. The van der Waals surface area contributed by atoms with Gasteiger partial charge >= 0.3 is 0 Å². The van der Waals surface area contributed by atoms with Crippen molar-refractivity contribution in [3.8, 4) is 5.88 Å². The van der Waals surface area contributed by atoms with Gasteiger partial charge in [0.25, 0.3) is 5.91 Å². The highest BCUT2D eigenvalue weighted by atomic mass is 19.1. The van der Waals surface area contributed by atoms with Gasteiger partial charge in [0.1, 0.15) is 5.82 Å². The van der Waals surface area contributed by atoms with Crippen molar-refractivity contribution in [3.05, 3.63) is 65.2 Å². The van der Waals surface area contributed by atoms with Crippen molar-refractivity contribution in [2.75, 3.05) is 0 Å². The van der Waals surface area contributed by atoms with Crippen LogP contribution >= 0.6 is 0 Å². The van der Waals surface area contributed by atoms with Gasteiger partial charge in [0.05, 0.1) is 17.2 Å². The minimum absolute atomic E-state index is 0.0129. The molecule has 1 aromatic carbocycles. The van der Waals surface area contributed by atoms with Crippen LogP contribution in [0.2, 0.25) is 0 Å². The summed E-state index contributed by atoms with van der Waals surface area (Å²) >= 11 is 0. The van der Waals surface area contributed by atoms with E-state index in [0.29, 0.717) is 28.0 Å². The number of hydrogen-bond donors (Lipinski definition) is 1. The summed E-state index contributed by atoms with van der Waals surface area (Å²) in [6, 6.07) is 9.58. The van der Waals surface area contributed by atoms with E-state index in [4.69, 9.17) is 4.74 Å². The van der Waals surface area contributed by atoms with Crippen molar-refractivity contribution < 1.29 is 13.9 Å². The van der Waals surface area contributed by atoms with Crippen LogP contribution in [-0.4, -0.2) is 22.0 Å². The Kier molecular flexibility index (Phi) is 5.11. The molecule has 3 rings (SSSR count). The Morgan fingerprint density at radius 1 is 1.27 bits per heavy atom. The molecule has 0 unspecified atom stereocenters. The second-order valence-electron chi connectivity index (χ2n) is 6.29. The zero-order valence-electron chi connectivity index (χ0n) is 14.9. The van der Waals surface area contributed by atoms with E-state index in [1.807, 2.05) is 19.9 Å². The van der Waals surface area contributed by atoms with Gasteiger partial charge in [-0.2, -0.15) is 0 Å². The lowest BCUT2D eigenvalue weighted by atomic mass is 10.1. The van der Waals surface area contributed by atoms with Crippen molar-refractivity contribution in [2.45, 2.75) is 33.4 Å². The molecule has 3 aromatic rings. The molecule has 0 spiro atoms. The van der Waals surface area contributed by atoms with Crippen LogP contribution in [0.3, 0.4) is 0 Å². The van der Waals surface area contributed by atoms with Gasteiger partial charge in [-0.05, 0) is 45.0 Å². The number of halogens is 1. The molecule has 2 heterocycles. The third kappa shape index (κ3) is 3.96. The fourth-order valence-corrected chi connectivity index (χ4v) is 2.68.